The number of fused-ring (bicyclic) bond motifs is 1. The first-order valence-corrected chi connectivity index (χ1v) is 12.9. The molecule has 8 heteroatoms. The minimum atomic E-state index is -1.03. The van der Waals surface area contributed by atoms with E-state index in [-0.39, 0.29) is 18.4 Å². The van der Waals surface area contributed by atoms with Crippen molar-refractivity contribution in [1.82, 2.24) is 9.80 Å². The summed E-state index contributed by atoms with van der Waals surface area (Å²) >= 11 is 0. The molecule has 8 nitrogen and oxygen atoms in total. The Morgan fingerprint density at radius 1 is 1.23 bits per heavy atom. The third-order valence-electron chi connectivity index (χ3n) is 7.55. The van der Waals surface area contributed by atoms with E-state index in [2.05, 4.69) is 13.2 Å². The number of likely N-dealkylation sites (tertiary alicyclic amines) is 1. The summed E-state index contributed by atoms with van der Waals surface area (Å²) in [5, 5.41) is 9.28. The fraction of sp³-hybridized carbons (Fsp3) is 0.741. The van der Waals surface area contributed by atoms with Crippen molar-refractivity contribution in [1.29, 1.82) is 0 Å². The number of aliphatic hydroxyl groups is 1. The third-order valence-corrected chi connectivity index (χ3v) is 7.55. The molecule has 2 unspecified atom stereocenters. The summed E-state index contributed by atoms with van der Waals surface area (Å²) in [7, 11) is 0. The van der Waals surface area contributed by atoms with Crippen molar-refractivity contribution in [2.45, 2.75) is 89.0 Å². The summed E-state index contributed by atoms with van der Waals surface area (Å²) in [6.07, 6.45) is 7.84. The molecule has 5 atom stereocenters. The molecule has 0 aromatic heterocycles. The predicted octanol–water partition coefficient (Wildman–Crippen LogP) is 2.85. The molecule has 0 aromatic carbocycles. The molecule has 1 N–H and O–H groups in total. The number of allylic oxidation sites excluding steroid dienone is 1. The number of carbonyl (C=O) groups is 3. The van der Waals surface area contributed by atoms with Crippen LogP contribution >= 0.6 is 0 Å². The highest BCUT2D eigenvalue weighted by Crippen LogP contribution is 2.59. The zero-order valence-corrected chi connectivity index (χ0v) is 21.5. The van der Waals surface area contributed by atoms with Crippen LogP contribution in [0.5, 0.6) is 0 Å². The van der Waals surface area contributed by atoms with Gasteiger partial charge in [-0.15, -0.1) is 13.2 Å². The SMILES string of the molecule is C=CCCCCOC(=O)[C@@H]1[C@H]2C(=O)N(CCCCO)C(C(=O)N(CC=C)C(C)(C)C)C23CC[C@H]1O3. The van der Waals surface area contributed by atoms with Crippen molar-refractivity contribution in [3.63, 3.8) is 0 Å². The number of amides is 2. The molecule has 0 aromatic rings. The molecule has 1 spiro atoms. The van der Waals surface area contributed by atoms with E-state index in [0.717, 1.165) is 19.3 Å². The monoisotopic (exact) mass is 490 g/mol. The lowest BCUT2D eigenvalue weighted by Gasteiger charge is -2.42. The fourth-order valence-corrected chi connectivity index (χ4v) is 5.97. The number of ether oxygens (including phenoxy) is 2. The quantitative estimate of drug-likeness (QED) is 0.242. The highest BCUT2D eigenvalue weighted by atomic mass is 16.6. The first-order valence-electron chi connectivity index (χ1n) is 12.9. The summed E-state index contributed by atoms with van der Waals surface area (Å²) < 4.78 is 12.0. The Hall–Kier alpha value is -2.19. The molecule has 3 saturated heterocycles. The van der Waals surface area contributed by atoms with Crippen molar-refractivity contribution in [2.75, 3.05) is 26.3 Å². The Labute approximate surface area is 209 Å². The van der Waals surface area contributed by atoms with E-state index in [0.29, 0.717) is 45.4 Å². The van der Waals surface area contributed by atoms with Gasteiger partial charge in [0.15, 0.2) is 0 Å². The van der Waals surface area contributed by atoms with Gasteiger partial charge in [0, 0.05) is 25.2 Å². The maximum Gasteiger partial charge on any atom is 0.312 e. The molecule has 35 heavy (non-hydrogen) atoms. The lowest BCUT2D eigenvalue weighted by molar-refractivity contribution is -0.156. The molecule has 0 saturated carbocycles. The number of hydrogen-bond donors (Lipinski definition) is 1. The average Bonchev–Trinajstić information content (AvgIpc) is 3.44. The molecule has 3 heterocycles. The summed E-state index contributed by atoms with van der Waals surface area (Å²) in [5.74, 6) is -2.23. The Balaban J connectivity index is 1.90. The Morgan fingerprint density at radius 2 is 1.97 bits per heavy atom. The number of aliphatic hydroxyl groups excluding tert-OH is 1. The third kappa shape index (κ3) is 5.19. The van der Waals surface area contributed by atoms with Crippen LogP contribution in [0.25, 0.3) is 0 Å². The van der Waals surface area contributed by atoms with E-state index >= 15 is 0 Å². The van der Waals surface area contributed by atoms with Gasteiger partial charge in [0.2, 0.25) is 11.8 Å². The van der Waals surface area contributed by atoms with Gasteiger partial charge >= 0.3 is 5.97 Å². The van der Waals surface area contributed by atoms with Crippen molar-refractivity contribution >= 4 is 17.8 Å². The topological polar surface area (TPSA) is 96.4 Å². The second-order valence-corrected chi connectivity index (χ2v) is 10.9. The van der Waals surface area contributed by atoms with Gasteiger partial charge in [-0.3, -0.25) is 14.4 Å². The van der Waals surface area contributed by atoms with Gasteiger partial charge in [-0.05, 0) is 65.7 Å². The van der Waals surface area contributed by atoms with Crippen LogP contribution < -0.4 is 0 Å². The zero-order valence-electron chi connectivity index (χ0n) is 21.5. The van der Waals surface area contributed by atoms with Crippen molar-refractivity contribution in [2.24, 2.45) is 11.8 Å². The number of nitrogens with zero attached hydrogens (tertiary/aromatic N) is 2. The summed E-state index contributed by atoms with van der Waals surface area (Å²) in [6, 6.07) is -0.812. The molecule has 196 valence electrons. The molecule has 2 bridgehead atoms. The smallest absolute Gasteiger partial charge is 0.312 e. The summed E-state index contributed by atoms with van der Waals surface area (Å²) in [5.41, 5.74) is -1.52. The minimum absolute atomic E-state index is 0.0131. The Kier molecular flexibility index (Phi) is 8.81. The number of unbranched alkanes of at least 4 members (excludes halogenated alkanes) is 3. The molecule has 2 amide bonds. The van der Waals surface area contributed by atoms with Crippen molar-refractivity contribution in [3.8, 4) is 0 Å². The number of rotatable bonds is 13. The van der Waals surface area contributed by atoms with Crippen LogP contribution in [0.1, 0.15) is 65.7 Å². The van der Waals surface area contributed by atoms with Crippen molar-refractivity contribution < 1.29 is 29.0 Å². The van der Waals surface area contributed by atoms with Crippen LogP contribution in [-0.2, 0) is 23.9 Å². The van der Waals surface area contributed by atoms with Gasteiger partial charge in [-0.25, -0.2) is 0 Å². The number of hydrogen-bond acceptors (Lipinski definition) is 6. The van der Waals surface area contributed by atoms with Crippen molar-refractivity contribution in [3.05, 3.63) is 25.3 Å². The van der Waals surface area contributed by atoms with E-state index in [1.54, 1.807) is 15.9 Å². The van der Waals surface area contributed by atoms with Gasteiger partial charge in [0.05, 0.1) is 24.5 Å². The average molecular weight is 491 g/mol. The maximum absolute atomic E-state index is 14.1. The predicted molar refractivity (Wildman–Crippen MR) is 132 cm³/mol. The number of esters is 1. The summed E-state index contributed by atoms with van der Waals surface area (Å²) in [4.78, 5) is 44.4. The molecular formula is C27H42N2O6. The molecular weight excluding hydrogens is 448 g/mol. The second-order valence-electron chi connectivity index (χ2n) is 10.9. The van der Waals surface area contributed by atoms with Gasteiger partial charge in [0.25, 0.3) is 0 Å². The maximum atomic E-state index is 14.1. The van der Waals surface area contributed by atoms with Crippen LogP contribution in [0.2, 0.25) is 0 Å². The van der Waals surface area contributed by atoms with Crippen LogP contribution in [-0.4, -0.2) is 82.3 Å². The lowest BCUT2D eigenvalue weighted by Crippen LogP contribution is -2.59. The lowest BCUT2D eigenvalue weighted by atomic mass is 9.70. The summed E-state index contributed by atoms with van der Waals surface area (Å²) in [6.45, 7) is 14.4. The van der Waals surface area contributed by atoms with Gasteiger partial charge in [-0.2, -0.15) is 0 Å². The van der Waals surface area contributed by atoms with Crippen LogP contribution in [0.15, 0.2) is 25.3 Å². The first kappa shape index (κ1) is 27.4. The molecule has 3 aliphatic rings. The standard InChI is InChI=1S/C27H42N2O6/c1-6-8-9-12-18-34-25(33)20-19-13-14-27(35-19)21(20)23(31)28(16-10-11-17-30)22(27)24(32)29(15-7-2)26(3,4)5/h6-7,19-22,30H,1-2,8-18H2,3-5H3/t19-,20+,21+,22?,27?/m1/s1. The molecule has 0 radical (unpaired) electrons. The second kappa shape index (κ2) is 11.2. The Bertz CT molecular complexity index is 821. The normalized spacial score (nSPS) is 29.3. The highest BCUT2D eigenvalue weighted by molar-refractivity contribution is 5.98. The van der Waals surface area contributed by atoms with E-state index in [4.69, 9.17) is 9.47 Å². The first-order chi connectivity index (χ1) is 16.6. The molecule has 3 aliphatic heterocycles. The highest BCUT2D eigenvalue weighted by Gasteiger charge is 2.75. The largest absolute Gasteiger partial charge is 0.465 e. The van der Waals surface area contributed by atoms with Gasteiger partial charge in [0.1, 0.15) is 11.6 Å². The van der Waals surface area contributed by atoms with E-state index in [1.807, 2.05) is 26.8 Å². The van der Waals surface area contributed by atoms with E-state index in [9.17, 15) is 19.5 Å². The fourth-order valence-electron chi connectivity index (χ4n) is 5.97. The molecule has 3 rings (SSSR count). The van der Waals surface area contributed by atoms with Crippen LogP contribution in [0, 0.1) is 11.8 Å². The minimum Gasteiger partial charge on any atom is -0.465 e. The number of carbonyl (C=O) groups excluding carboxylic acids is 3. The molecule has 0 aliphatic carbocycles. The van der Waals surface area contributed by atoms with E-state index < -0.39 is 41.1 Å². The Morgan fingerprint density at radius 3 is 2.60 bits per heavy atom. The molecule has 3 fully saturated rings. The van der Waals surface area contributed by atoms with Crippen LogP contribution in [0.3, 0.4) is 0 Å². The van der Waals surface area contributed by atoms with Crippen LogP contribution in [0.4, 0.5) is 0 Å². The van der Waals surface area contributed by atoms with E-state index in [1.165, 1.54) is 0 Å². The zero-order chi connectivity index (χ0) is 25.8. The van der Waals surface area contributed by atoms with Gasteiger partial charge in [-0.1, -0.05) is 12.2 Å². The van der Waals surface area contributed by atoms with Gasteiger partial charge < -0.3 is 24.4 Å².